The normalized spacial score (nSPS) is 13.6. The quantitative estimate of drug-likeness (QED) is 0.880. The number of hydrogen-bond acceptors (Lipinski definition) is 4. The van der Waals surface area contributed by atoms with Crippen LogP contribution in [0.5, 0.6) is 0 Å². The average Bonchev–Trinajstić information content (AvgIpc) is 3.12. The largest absolute Gasteiger partial charge is 0.472 e. The Hall–Kier alpha value is -3.02. The summed E-state index contributed by atoms with van der Waals surface area (Å²) in [5.74, 6) is -0.225. The highest BCUT2D eigenvalue weighted by molar-refractivity contribution is 6.01. The van der Waals surface area contributed by atoms with Crippen molar-refractivity contribution < 1.29 is 18.7 Å². The fraction of sp³-hybridized carbons (Fsp3) is 0.222. The van der Waals surface area contributed by atoms with Gasteiger partial charge in [0.1, 0.15) is 0 Å². The summed E-state index contributed by atoms with van der Waals surface area (Å²) in [4.78, 5) is 25.3. The van der Waals surface area contributed by atoms with E-state index in [0.29, 0.717) is 18.8 Å². The number of nitrogens with one attached hydrogen (secondary N) is 1. The first-order valence-corrected chi connectivity index (χ1v) is 7.61. The molecule has 1 aliphatic heterocycles. The summed E-state index contributed by atoms with van der Waals surface area (Å²) in [6, 6.07) is 7.52. The van der Waals surface area contributed by atoms with Gasteiger partial charge in [-0.05, 0) is 41.8 Å². The van der Waals surface area contributed by atoms with Crippen LogP contribution in [0, 0.1) is 0 Å². The van der Waals surface area contributed by atoms with Crippen molar-refractivity contribution >= 4 is 23.8 Å². The van der Waals surface area contributed by atoms with Gasteiger partial charge in [-0.15, -0.1) is 0 Å². The van der Waals surface area contributed by atoms with Crippen LogP contribution >= 0.6 is 0 Å². The molecule has 1 N–H and O–H groups in total. The van der Waals surface area contributed by atoms with Gasteiger partial charge in [-0.1, -0.05) is 6.07 Å². The molecule has 6 heteroatoms. The van der Waals surface area contributed by atoms with Gasteiger partial charge in [0, 0.05) is 30.4 Å². The lowest BCUT2D eigenvalue weighted by molar-refractivity contribution is -0.111. The predicted octanol–water partition coefficient (Wildman–Crippen LogP) is 3.06. The zero-order valence-corrected chi connectivity index (χ0v) is 13.3. The van der Waals surface area contributed by atoms with E-state index in [-0.39, 0.29) is 12.0 Å². The summed E-state index contributed by atoms with van der Waals surface area (Å²) in [7, 11) is 1.38. The number of benzene rings is 1. The van der Waals surface area contributed by atoms with E-state index >= 15 is 0 Å². The molecule has 0 atom stereocenters. The number of methoxy groups -OCH3 is 1. The standard InChI is InChI=1S/C18H18N2O4/c1-23-18(22)20-8-6-14-3-4-16(10-15(14)11-20)19-17(21)5-2-13-7-9-24-12-13/h2-5,7,9-10,12H,6,8,11H2,1H3,(H,19,21). The van der Waals surface area contributed by atoms with E-state index in [2.05, 4.69) is 5.32 Å². The van der Waals surface area contributed by atoms with Crippen molar-refractivity contribution in [3.8, 4) is 0 Å². The maximum atomic E-state index is 12.0. The van der Waals surface area contributed by atoms with Crippen LogP contribution in [-0.4, -0.2) is 30.6 Å². The minimum Gasteiger partial charge on any atom is -0.472 e. The summed E-state index contributed by atoms with van der Waals surface area (Å²) in [6.45, 7) is 1.12. The number of carbonyl (C=O) groups is 2. The van der Waals surface area contributed by atoms with Crippen LogP contribution in [0.4, 0.5) is 10.5 Å². The Bertz CT molecular complexity index is 765. The van der Waals surface area contributed by atoms with Gasteiger partial charge in [0.25, 0.3) is 0 Å². The van der Waals surface area contributed by atoms with E-state index in [1.54, 1.807) is 29.6 Å². The fourth-order valence-corrected chi connectivity index (χ4v) is 2.65. The van der Waals surface area contributed by atoms with Crippen LogP contribution in [0.3, 0.4) is 0 Å². The molecule has 6 nitrogen and oxygen atoms in total. The molecule has 0 bridgehead atoms. The molecular weight excluding hydrogens is 308 g/mol. The molecule has 1 aromatic heterocycles. The highest BCUT2D eigenvalue weighted by Gasteiger charge is 2.21. The highest BCUT2D eigenvalue weighted by atomic mass is 16.5. The van der Waals surface area contributed by atoms with E-state index in [1.807, 2.05) is 18.2 Å². The van der Waals surface area contributed by atoms with Crippen molar-refractivity contribution in [2.45, 2.75) is 13.0 Å². The summed E-state index contributed by atoms with van der Waals surface area (Å²) < 4.78 is 9.71. The number of furan rings is 1. The Morgan fingerprint density at radius 3 is 2.92 bits per heavy atom. The first-order valence-electron chi connectivity index (χ1n) is 7.61. The Labute approximate surface area is 139 Å². The number of rotatable bonds is 3. The van der Waals surface area contributed by atoms with E-state index < -0.39 is 0 Å². The van der Waals surface area contributed by atoms with E-state index in [1.165, 1.54) is 18.7 Å². The van der Waals surface area contributed by atoms with Gasteiger partial charge in [-0.2, -0.15) is 0 Å². The molecule has 0 fully saturated rings. The average molecular weight is 326 g/mol. The predicted molar refractivity (Wildman–Crippen MR) is 89.3 cm³/mol. The summed E-state index contributed by atoms with van der Waals surface area (Å²) >= 11 is 0. The molecular formula is C18H18N2O4. The molecule has 2 amide bonds. The summed E-state index contributed by atoms with van der Waals surface area (Å²) in [6.07, 6.45) is 6.68. The lowest BCUT2D eigenvalue weighted by Crippen LogP contribution is -2.35. The van der Waals surface area contributed by atoms with Crippen LogP contribution < -0.4 is 5.32 Å². The third kappa shape index (κ3) is 3.65. The maximum Gasteiger partial charge on any atom is 0.409 e. The van der Waals surface area contributed by atoms with Crippen LogP contribution in [-0.2, 0) is 22.5 Å². The third-order valence-corrected chi connectivity index (χ3v) is 3.89. The molecule has 0 radical (unpaired) electrons. The number of fused-ring (bicyclic) bond motifs is 1. The van der Waals surface area contributed by atoms with Gasteiger partial charge >= 0.3 is 6.09 Å². The number of anilines is 1. The van der Waals surface area contributed by atoms with Crippen molar-refractivity contribution in [2.75, 3.05) is 19.0 Å². The molecule has 1 aromatic carbocycles. The van der Waals surface area contributed by atoms with Crippen molar-refractivity contribution in [1.29, 1.82) is 0 Å². The van der Waals surface area contributed by atoms with Crippen LogP contribution in [0.15, 0.2) is 47.3 Å². The Kier molecular flexibility index (Phi) is 4.65. The van der Waals surface area contributed by atoms with E-state index in [9.17, 15) is 9.59 Å². The molecule has 0 saturated carbocycles. The number of hydrogen-bond donors (Lipinski definition) is 1. The molecule has 2 aromatic rings. The van der Waals surface area contributed by atoms with Crippen molar-refractivity contribution in [2.24, 2.45) is 0 Å². The van der Waals surface area contributed by atoms with Crippen LogP contribution in [0.25, 0.3) is 6.08 Å². The van der Waals surface area contributed by atoms with Gasteiger partial charge in [0.15, 0.2) is 0 Å². The second-order valence-electron chi connectivity index (χ2n) is 5.50. The Morgan fingerprint density at radius 1 is 1.29 bits per heavy atom. The van der Waals surface area contributed by atoms with Crippen molar-refractivity contribution in [1.82, 2.24) is 4.90 Å². The molecule has 124 valence electrons. The molecule has 24 heavy (non-hydrogen) atoms. The molecule has 2 heterocycles. The lowest BCUT2D eigenvalue weighted by atomic mass is 9.99. The molecule has 0 unspecified atom stereocenters. The molecule has 0 spiro atoms. The number of amides is 2. The monoisotopic (exact) mass is 326 g/mol. The van der Waals surface area contributed by atoms with Gasteiger partial charge in [0.05, 0.1) is 19.6 Å². The van der Waals surface area contributed by atoms with Crippen LogP contribution in [0.2, 0.25) is 0 Å². The molecule has 0 saturated heterocycles. The smallest absolute Gasteiger partial charge is 0.409 e. The molecule has 3 rings (SSSR count). The van der Waals surface area contributed by atoms with E-state index in [4.69, 9.17) is 9.15 Å². The second kappa shape index (κ2) is 7.04. The van der Waals surface area contributed by atoms with Crippen LogP contribution in [0.1, 0.15) is 16.7 Å². The van der Waals surface area contributed by atoms with Gasteiger partial charge in [0.2, 0.25) is 5.91 Å². The number of carbonyl (C=O) groups excluding carboxylic acids is 2. The fourth-order valence-electron chi connectivity index (χ4n) is 2.65. The first-order chi connectivity index (χ1) is 11.7. The van der Waals surface area contributed by atoms with Crippen molar-refractivity contribution in [3.63, 3.8) is 0 Å². The number of ether oxygens (including phenoxy) is 1. The highest BCUT2D eigenvalue weighted by Crippen LogP contribution is 2.23. The second-order valence-corrected chi connectivity index (χ2v) is 5.50. The first kappa shape index (κ1) is 15.9. The Morgan fingerprint density at radius 2 is 2.17 bits per heavy atom. The summed E-state index contributed by atoms with van der Waals surface area (Å²) in [5, 5.41) is 2.82. The Balaban J connectivity index is 1.67. The maximum absolute atomic E-state index is 12.0. The van der Waals surface area contributed by atoms with Gasteiger partial charge < -0.3 is 19.4 Å². The van der Waals surface area contributed by atoms with Gasteiger partial charge in [-0.25, -0.2) is 4.79 Å². The summed E-state index contributed by atoms with van der Waals surface area (Å²) in [5.41, 5.74) is 3.72. The molecule has 1 aliphatic rings. The number of nitrogens with zero attached hydrogens (tertiary/aromatic N) is 1. The van der Waals surface area contributed by atoms with Crippen molar-refractivity contribution in [3.05, 3.63) is 59.6 Å². The lowest BCUT2D eigenvalue weighted by Gasteiger charge is -2.28. The zero-order valence-electron chi connectivity index (χ0n) is 13.3. The topological polar surface area (TPSA) is 71.8 Å². The zero-order chi connectivity index (χ0) is 16.9. The third-order valence-electron chi connectivity index (χ3n) is 3.89. The van der Waals surface area contributed by atoms with Gasteiger partial charge in [-0.3, -0.25) is 4.79 Å². The SMILES string of the molecule is COC(=O)N1CCc2ccc(NC(=O)C=Cc3ccoc3)cc2C1. The molecule has 0 aliphatic carbocycles. The van der Waals surface area contributed by atoms with E-state index in [0.717, 1.165) is 17.5 Å². The minimum absolute atomic E-state index is 0.225. The minimum atomic E-state index is -0.335.